The SMILES string of the molecule is CCc1c[c]sc1-c1noc(-c2ccc(Oc3ccccc3)cc2)n1. The Hall–Kier alpha value is -2.92. The molecule has 0 saturated heterocycles. The van der Waals surface area contributed by atoms with Crippen molar-refractivity contribution in [2.24, 2.45) is 0 Å². The Morgan fingerprint density at radius 3 is 2.56 bits per heavy atom. The lowest BCUT2D eigenvalue weighted by atomic mass is 10.2. The highest BCUT2D eigenvalue weighted by molar-refractivity contribution is 7.13. The van der Waals surface area contributed by atoms with Gasteiger partial charge < -0.3 is 9.26 Å². The smallest absolute Gasteiger partial charge is 0.258 e. The quantitative estimate of drug-likeness (QED) is 0.470. The molecule has 0 aliphatic heterocycles. The van der Waals surface area contributed by atoms with Crippen molar-refractivity contribution in [2.45, 2.75) is 13.3 Å². The molecule has 0 saturated carbocycles. The Kier molecular flexibility index (Phi) is 4.31. The van der Waals surface area contributed by atoms with Crippen molar-refractivity contribution >= 4 is 11.3 Å². The molecule has 0 fully saturated rings. The van der Waals surface area contributed by atoms with E-state index in [2.05, 4.69) is 22.4 Å². The van der Waals surface area contributed by atoms with Crippen molar-refractivity contribution < 1.29 is 9.26 Å². The summed E-state index contributed by atoms with van der Waals surface area (Å²) in [6.45, 7) is 2.10. The van der Waals surface area contributed by atoms with Gasteiger partial charge in [-0.1, -0.05) is 30.3 Å². The maximum Gasteiger partial charge on any atom is 0.258 e. The molecule has 5 heteroatoms. The number of para-hydroxylation sites is 1. The minimum atomic E-state index is 0.497. The first kappa shape index (κ1) is 15.6. The van der Waals surface area contributed by atoms with Crippen LogP contribution in [-0.4, -0.2) is 10.1 Å². The van der Waals surface area contributed by atoms with Gasteiger partial charge in [-0.05, 0) is 54.4 Å². The molecular formula is C20H15N2O2S. The van der Waals surface area contributed by atoms with Crippen LogP contribution in [0.15, 0.2) is 65.2 Å². The average Bonchev–Trinajstić information content (AvgIpc) is 3.32. The highest BCUT2D eigenvalue weighted by atomic mass is 32.1. The van der Waals surface area contributed by atoms with Gasteiger partial charge in [-0.15, -0.1) is 11.3 Å². The van der Waals surface area contributed by atoms with Crippen LogP contribution in [0.2, 0.25) is 0 Å². The molecule has 0 aliphatic rings. The van der Waals surface area contributed by atoms with Crippen molar-refractivity contribution in [3.8, 4) is 33.7 Å². The number of benzene rings is 2. The highest BCUT2D eigenvalue weighted by Crippen LogP contribution is 2.30. The van der Waals surface area contributed by atoms with Gasteiger partial charge in [0.1, 0.15) is 11.5 Å². The zero-order valence-corrected chi connectivity index (χ0v) is 14.4. The maximum atomic E-state index is 5.79. The molecule has 0 unspecified atom stereocenters. The topological polar surface area (TPSA) is 48.2 Å². The van der Waals surface area contributed by atoms with Gasteiger partial charge in [0.25, 0.3) is 5.89 Å². The molecule has 4 rings (SSSR count). The second-order valence-electron chi connectivity index (χ2n) is 5.43. The molecular weight excluding hydrogens is 332 g/mol. The van der Waals surface area contributed by atoms with E-state index in [4.69, 9.17) is 9.26 Å². The van der Waals surface area contributed by atoms with Gasteiger partial charge in [0.2, 0.25) is 5.82 Å². The second-order valence-corrected chi connectivity index (χ2v) is 6.28. The molecule has 2 aromatic carbocycles. The van der Waals surface area contributed by atoms with Gasteiger partial charge in [-0.25, -0.2) is 0 Å². The summed E-state index contributed by atoms with van der Waals surface area (Å²) in [6, 6.07) is 19.3. The van der Waals surface area contributed by atoms with E-state index in [9.17, 15) is 0 Å². The molecule has 0 aliphatic carbocycles. The lowest BCUT2D eigenvalue weighted by molar-refractivity contribution is 0.432. The summed E-state index contributed by atoms with van der Waals surface area (Å²) in [5, 5.41) is 7.24. The fourth-order valence-corrected chi connectivity index (χ4v) is 3.29. The first-order chi connectivity index (χ1) is 12.3. The first-order valence-corrected chi connectivity index (χ1v) is 8.81. The molecule has 0 N–H and O–H groups in total. The molecule has 2 heterocycles. The average molecular weight is 347 g/mol. The lowest BCUT2D eigenvalue weighted by Gasteiger charge is -2.05. The normalized spacial score (nSPS) is 10.8. The largest absolute Gasteiger partial charge is 0.457 e. The minimum absolute atomic E-state index is 0.497. The number of nitrogens with zero attached hydrogens (tertiary/aromatic N) is 2. The molecule has 4 aromatic rings. The highest BCUT2D eigenvalue weighted by Gasteiger charge is 2.14. The summed E-state index contributed by atoms with van der Waals surface area (Å²) in [4.78, 5) is 5.53. The van der Waals surface area contributed by atoms with E-state index >= 15 is 0 Å². The van der Waals surface area contributed by atoms with E-state index in [1.54, 1.807) is 0 Å². The number of aromatic nitrogens is 2. The van der Waals surface area contributed by atoms with Gasteiger partial charge in [-0.3, -0.25) is 0 Å². The van der Waals surface area contributed by atoms with E-state index in [1.165, 1.54) is 16.9 Å². The third-order valence-corrected chi connectivity index (χ3v) is 4.66. The van der Waals surface area contributed by atoms with E-state index in [0.717, 1.165) is 28.4 Å². The standard InChI is InChI=1S/C20H15N2O2S/c1-2-14-12-13-25-18(14)19-21-20(24-22-19)15-8-10-17(11-9-15)23-16-6-4-3-5-7-16/h3-12H,2H2,1H3. The lowest BCUT2D eigenvalue weighted by Crippen LogP contribution is -1.85. The fourth-order valence-electron chi connectivity index (χ4n) is 2.47. The Morgan fingerprint density at radius 2 is 1.80 bits per heavy atom. The zero-order valence-electron chi connectivity index (χ0n) is 13.6. The number of ether oxygens (including phenoxy) is 1. The van der Waals surface area contributed by atoms with Crippen molar-refractivity contribution in [1.29, 1.82) is 0 Å². The summed E-state index contributed by atoms with van der Waals surface area (Å²) >= 11 is 1.51. The molecule has 4 nitrogen and oxygen atoms in total. The Labute approximate surface area is 149 Å². The molecule has 123 valence electrons. The fraction of sp³-hybridized carbons (Fsp3) is 0.100. The van der Waals surface area contributed by atoms with Gasteiger partial charge in [0, 0.05) is 10.9 Å². The predicted octanol–water partition coefficient (Wildman–Crippen LogP) is 5.62. The van der Waals surface area contributed by atoms with Gasteiger partial charge in [0.05, 0.1) is 4.88 Å². The van der Waals surface area contributed by atoms with Gasteiger partial charge >= 0.3 is 0 Å². The predicted molar refractivity (Wildman–Crippen MR) is 97.8 cm³/mol. The molecule has 0 bridgehead atoms. The van der Waals surface area contributed by atoms with E-state index in [1.807, 2.05) is 60.7 Å². The van der Waals surface area contributed by atoms with Crippen LogP contribution in [-0.2, 0) is 6.42 Å². The van der Waals surface area contributed by atoms with E-state index in [0.29, 0.717) is 11.7 Å². The second kappa shape index (κ2) is 6.91. The molecule has 0 atom stereocenters. The van der Waals surface area contributed by atoms with Crippen LogP contribution in [0.3, 0.4) is 0 Å². The van der Waals surface area contributed by atoms with Crippen LogP contribution >= 0.6 is 11.3 Å². The molecule has 25 heavy (non-hydrogen) atoms. The molecule has 0 spiro atoms. The molecule has 1 radical (unpaired) electrons. The summed E-state index contributed by atoms with van der Waals surface area (Å²) in [5.41, 5.74) is 2.04. The number of hydrogen-bond donors (Lipinski definition) is 0. The Morgan fingerprint density at radius 1 is 1.04 bits per heavy atom. The summed E-state index contributed by atoms with van der Waals surface area (Å²) < 4.78 is 11.2. The van der Waals surface area contributed by atoms with Crippen LogP contribution < -0.4 is 4.74 Å². The Bertz CT molecular complexity index is 959. The maximum absolute atomic E-state index is 5.79. The summed E-state index contributed by atoms with van der Waals surface area (Å²) in [5.74, 6) is 2.67. The van der Waals surface area contributed by atoms with Gasteiger partial charge in [-0.2, -0.15) is 4.98 Å². The number of rotatable bonds is 5. The number of hydrogen-bond acceptors (Lipinski definition) is 5. The van der Waals surface area contributed by atoms with Crippen LogP contribution in [0, 0.1) is 5.38 Å². The van der Waals surface area contributed by atoms with E-state index < -0.39 is 0 Å². The third-order valence-electron chi connectivity index (χ3n) is 3.78. The van der Waals surface area contributed by atoms with Crippen LogP contribution in [0.4, 0.5) is 0 Å². The first-order valence-electron chi connectivity index (χ1n) is 7.99. The van der Waals surface area contributed by atoms with Crippen LogP contribution in [0.25, 0.3) is 22.2 Å². The molecule has 0 amide bonds. The zero-order chi connectivity index (χ0) is 17.1. The van der Waals surface area contributed by atoms with Crippen molar-refractivity contribution in [3.05, 3.63) is 71.6 Å². The molecule has 2 aromatic heterocycles. The monoisotopic (exact) mass is 347 g/mol. The van der Waals surface area contributed by atoms with E-state index in [-0.39, 0.29) is 0 Å². The van der Waals surface area contributed by atoms with Gasteiger partial charge in [0.15, 0.2) is 0 Å². The van der Waals surface area contributed by atoms with Crippen LogP contribution in [0.1, 0.15) is 12.5 Å². The summed E-state index contributed by atoms with van der Waals surface area (Å²) in [6.07, 6.45) is 0.921. The Balaban J connectivity index is 1.55. The minimum Gasteiger partial charge on any atom is -0.457 e. The third kappa shape index (κ3) is 3.32. The number of thiophene rings is 1. The van der Waals surface area contributed by atoms with Crippen LogP contribution in [0.5, 0.6) is 11.5 Å². The van der Waals surface area contributed by atoms with Crippen molar-refractivity contribution in [2.75, 3.05) is 0 Å². The number of aryl methyl sites for hydroxylation is 1. The summed E-state index contributed by atoms with van der Waals surface area (Å²) in [7, 11) is 0. The van der Waals surface area contributed by atoms with Crippen molar-refractivity contribution in [3.63, 3.8) is 0 Å². The van der Waals surface area contributed by atoms with Crippen molar-refractivity contribution in [1.82, 2.24) is 10.1 Å².